The number of halogens is 1. The first-order valence-corrected chi connectivity index (χ1v) is 9.67. The lowest BCUT2D eigenvalue weighted by Gasteiger charge is -2.41. The Morgan fingerprint density at radius 2 is 1.68 bits per heavy atom. The molecule has 3 atom stereocenters. The van der Waals surface area contributed by atoms with Crippen molar-refractivity contribution in [2.45, 2.75) is 43.8 Å². The molecule has 2 aromatic rings. The van der Waals surface area contributed by atoms with Crippen LogP contribution in [0, 0.1) is 0 Å². The highest BCUT2D eigenvalue weighted by Crippen LogP contribution is 2.49. The molecule has 2 aliphatic rings. The highest BCUT2D eigenvalue weighted by atomic mass is 79.9. The van der Waals surface area contributed by atoms with Gasteiger partial charge in [-0.2, -0.15) is 0 Å². The normalized spacial score (nSPS) is 25.0. The molecule has 0 amide bonds. The van der Waals surface area contributed by atoms with Gasteiger partial charge in [-0.25, -0.2) is 0 Å². The van der Waals surface area contributed by atoms with Gasteiger partial charge in [0.2, 0.25) is 0 Å². The lowest BCUT2D eigenvalue weighted by atomic mass is 9.76. The smallest absolute Gasteiger partial charge is 0.161 e. The molecule has 2 aromatic carbocycles. The first kappa shape index (κ1) is 16.9. The Labute approximate surface area is 157 Å². The molecule has 0 spiro atoms. The van der Waals surface area contributed by atoms with E-state index in [0.717, 1.165) is 22.4 Å². The molecule has 1 heterocycles. The fourth-order valence-corrected chi connectivity index (χ4v) is 4.67. The lowest BCUT2D eigenvalue weighted by Crippen LogP contribution is -2.33. The van der Waals surface area contributed by atoms with Gasteiger partial charge in [0.1, 0.15) is 6.10 Å². The molecule has 1 saturated carbocycles. The van der Waals surface area contributed by atoms with E-state index in [1.54, 1.807) is 14.2 Å². The first-order valence-electron chi connectivity index (χ1n) is 8.88. The quantitative estimate of drug-likeness (QED) is 0.667. The average molecular weight is 403 g/mol. The van der Waals surface area contributed by atoms with Crippen molar-refractivity contribution in [3.63, 3.8) is 0 Å². The standard InChI is InChI=1S/C21H23BrO3/c1-23-19-11-16-15-8-3-4-9-18(15)25-21(17(16)12-20(19)24-2)13-6-5-7-14(22)10-13/h5-7,10-12,15,18,21H,3-4,8-9H2,1-2H3/t15-,18-,21+/m0/s1. The molecule has 25 heavy (non-hydrogen) atoms. The zero-order valence-corrected chi connectivity index (χ0v) is 16.2. The van der Waals surface area contributed by atoms with E-state index in [1.807, 2.05) is 6.07 Å². The number of hydrogen-bond acceptors (Lipinski definition) is 3. The van der Waals surface area contributed by atoms with Crippen LogP contribution in [-0.4, -0.2) is 20.3 Å². The molecule has 0 saturated heterocycles. The number of ether oxygens (including phenoxy) is 3. The van der Waals surface area contributed by atoms with E-state index < -0.39 is 0 Å². The zero-order chi connectivity index (χ0) is 17.4. The van der Waals surface area contributed by atoms with Gasteiger partial charge < -0.3 is 14.2 Å². The van der Waals surface area contributed by atoms with E-state index in [2.05, 4.69) is 46.3 Å². The van der Waals surface area contributed by atoms with Gasteiger partial charge in [0.25, 0.3) is 0 Å². The Balaban J connectivity index is 1.87. The van der Waals surface area contributed by atoms with Crippen LogP contribution in [0.15, 0.2) is 40.9 Å². The number of hydrogen-bond donors (Lipinski definition) is 0. The minimum Gasteiger partial charge on any atom is -0.493 e. The van der Waals surface area contributed by atoms with Crippen LogP contribution in [0.5, 0.6) is 11.5 Å². The summed E-state index contributed by atoms with van der Waals surface area (Å²) in [7, 11) is 3.39. The predicted octanol–water partition coefficient (Wildman–Crippen LogP) is 5.61. The molecule has 0 aromatic heterocycles. The maximum Gasteiger partial charge on any atom is 0.161 e. The van der Waals surface area contributed by atoms with Gasteiger partial charge in [-0.3, -0.25) is 0 Å². The van der Waals surface area contributed by atoms with Crippen molar-refractivity contribution in [2.75, 3.05) is 14.2 Å². The topological polar surface area (TPSA) is 27.7 Å². The Hall–Kier alpha value is -1.52. The second-order valence-corrected chi connectivity index (χ2v) is 7.75. The third-order valence-corrected chi connectivity index (χ3v) is 5.93. The minimum absolute atomic E-state index is 0.0633. The van der Waals surface area contributed by atoms with Gasteiger partial charge in [-0.15, -0.1) is 0 Å². The van der Waals surface area contributed by atoms with Crippen LogP contribution in [0.25, 0.3) is 0 Å². The third-order valence-electron chi connectivity index (χ3n) is 5.44. The predicted molar refractivity (Wildman–Crippen MR) is 102 cm³/mol. The van der Waals surface area contributed by atoms with Gasteiger partial charge in [-0.1, -0.05) is 40.9 Å². The minimum atomic E-state index is -0.0633. The zero-order valence-electron chi connectivity index (χ0n) is 14.6. The average Bonchev–Trinajstić information content (AvgIpc) is 2.66. The Kier molecular flexibility index (Phi) is 4.74. The van der Waals surface area contributed by atoms with E-state index in [0.29, 0.717) is 5.92 Å². The van der Waals surface area contributed by atoms with E-state index >= 15 is 0 Å². The Bertz CT molecular complexity index is 774. The van der Waals surface area contributed by atoms with Crippen LogP contribution in [0.4, 0.5) is 0 Å². The SMILES string of the molecule is COc1cc2c(cc1OC)[C@@H]1CCCC[C@@H]1O[C@@H]2c1cccc(Br)c1. The highest BCUT2D eigenvalue weighted by molar-refractivity contribution is 9.10. The van der Waals surface area contributed by atoms with Crippen molar-refractivity contribution in [3.8, 4) is 11.5 Å². The van der Waals surface area contributed by atoms with Gasteiger partial charge in [0.15, 0.2) is 11.5 Å². The first-order chi connectivity index (χ1) is 12.2. The number of benzene rings is 2. The summed E-state index contributed by atoms with van der Waals surface area (Å²) in [6, 6.07) is 12.7. The van der Waals surface area contributed by atoms with E-state index in [9.17, 15) is 0 Å². The summed E-state index contributed by atoms with van der Waals surface area (Å²) in [5.41, 5.74) is 3.74. The molecule has 3 nitrogen and oxygen atoms in total. The van der Waals surface area contributed by atoms with Crippen molar-refractivity contribution in [2.24, 2.45) is 0 Å². The van der Waals surface area contributed by atoms with E-state index in [4.69, 9.17) is 14.2 Å². The lowest BCUT2D eigenvalue weighted by molar-refractivity contribution is -0.0391. The van der Waals surface area contributed by atoms with Gasteiger partial charge >= 0.3 is 0 Å². The summed E-state index contributed by atoms with van der Waals surface area (Å²) in [5.74, 6) is 2.02. The van der Waals surface area contributed by atoms with E-state index in [-0.39, 0.29) is 12.2 Å². The molecule has 4 heteroatoms. The summed E-state index contributed by atoms with van der Waals surface area (Å²) in [5, 5.41) is 0. The van der Waals surface area contributed by atoms with Crippen molar-refractivity contribution < 1.29 is 14.2 Å². The second kappa shape index (κ2) is 7.00. The largest absolute Gasteiger partial charge is 0.493 e. The molecular formula is C21H23BrO3. The Morgan fingerprint density at radius 1 is 0.960 bits per heavy atom. The van der Waals surface area contributed by atoms with Crippen molar-refractivity contribution >= 4 is 15.9 Å². The molecule has 0 bridgehead atoms. The maximum absolute atomic E-state index is 6.61. The van der Waals surface area contributed by atoms with Crippen LogP contribution >= 0.6 is 15.9 Å². The summed E-state index contributed by atoms with van der Waals surface area (Å²) in [6.45, 7) is 0. The van der Waals surface area contributed by atoms with Gasteiger partial charge in [-0.05, 0) is 53.8 Å². The molecule has 1 aliphatic heterocycles. The summed E-state index contributed by atoms with van der Waals surface area (Å²) >= 11 is 3.59. The van der Waals surface area contributed by atoms with Crippen LogP contribution < -0.4 is 9.47 Å². The van der Waals surface area contributed by atoms with Crippen LogP contribution in [0.3, 0.4) is 0 Å². The molecule has 4 rings (SSSR count). The monoisotopic (exact) mass is 402 g/mol. The number of rotatable bonds is 3. The third kappa shape index (κ3) is 3.06. The summed E-state index contributed by atoms with van der Waals surface area (Å²) < 4.78 is 18.8. The Morgan fingerprint density at radius 3 is 2.40 bits per heavy atom. The van der Waals surface area contributed by atoms with Crippen molar-refractivity contribution in [1.82, 2.24) is 0 Å². The van der Waals surface area contributed by atoms with Crippen LogP contribution in [-0.2, 0) is 4.74 Å². The van der Waals surface area contributed by atoms with Crippen molar-refractivity contribution in [1.29, 1.82) is 0 Å². The van der Waals surface area contributed by atoms with Gasteiger partial charge in [0.05, 0.1) is 20.3 Å². The molecule has 132 valence electrons. The van der Waals surface area contributed by atoms with Gasteiger partial charge in [0, 0.05) is 10.4 Å². The fraction of sp³-hybridized carbons (Fsp3) is 0.429. The number of methoxy groups -OCH3 is 2. The summed E-state index contributed by atoms with van der Waals surface area (Å²) in [6.07, 6.45) is 5.03. The van der Waals surface area contributed by atoms with Crippen LogP contribution in [0.1, 0.15) is 54.4 Å². The molecule has 0 unspecified atom stereocenters. The molecular weight excluding hydrogens is 380 g/mol. The van der Waals surface area contributed by atoms with Crippen molar-refractivity contribution in [3.05, 3.63) is 57.6 Å². The summed E-state index contributed by atoms with van der Waals surface area (Å²) in [4.78, 5) is 0. The van der Waals surface area contributed by atoms with Crippen LogP contribution in [0.2, 0.25) is 0 Å². The molecule has 1 aliphatic carbocycles. The second-order valence-electron chi connectivity index (χ2n) is 6.84. The fourth-order valence-electron chi connectivity index (χ4n) is 4.25. The molecule has 0 radical (unpaired) electrons. The molecule has 1 fully saturated rings. The molecule has 0 N–H and O–H groups in total. The highest BCUT2D eigenvalue weighted by Gasteiger charge is 2.38. The van der Waals surface area contributed by atoms with E-state index in [1.165, 1.54) is 36.0 Å². The number of fused-ring (bicyclic) bond motifs is 3. The maximum atomic E-state index is 6.61.